The summed E-state index contributed by atoms with van der Waals surface area (Å²) in [6.45, 7) is 3.24. The molecular formula is C24H23N5O4. The number of methoxy groups -OCH3 is 1. The van der Waals surface area contributed by atoms with Crippen molar-refractivity contribution >= 4 is 23.1 Å². The number of amides is 1. The van der Waals surface area contributed by atoms with Crippen molar-refractivity contribution in [1.82, 2.24) is 24.9 Å². The minimum absolute atomic E-state index is 0.0588. The molecule has 1 amide bonds. The Labute approximate surface area is 190 Å². The molecule has 168 valence electrons. The molecule has 0 spiro atoms. The van der Waals surface area contributed by atoms with Crippen molar-refractivity contribution in [3.8, 4) is 17.1 Å². The molecule has 4 aromatic rings. The fourth-order valence-electron chi connectivity index (χ4n) is 3.70. The van der Waals surface area contributed by atoms with E-state index in [4.69, 9.17) is 13.7 Å². The Morgan fingerprint density at radius 2 is 1.85 bits per heavy atom. The lowest BCUT2D eigenvalue weighted by Gasteiger charge is -2.33. The molecule has 0 unspecified atom stereocenters. The normalized spacial score (nSPS) is 14.9. The average Bonchev–Trinajstić information content (AvgIpc) is 3.50. The van der Waals surface area contributed by atoms with Crippen molar-refractivity contribution in [3.05, 3.63) is 66.4 Å². The van der Waals surface area contributed by atoms with Gasteiger partial charge in [-0.05, 0) is 36.4 Å². The molecular weight excluding hydrogens is 422 g/mol. The van der Waals surface area contributed by atoms with E-state index in [1.165, 1.54) is 6.08 Å². The molecule has 0 N–H and O–H groups in total. The molecule has 9 nitrogen and oxygen atoms in total. The first kappa shape index (κ1) is 20.9. The molecule has 2 aromatic carbocycles. The van der Waals surface area contributed by atoms with Crippen LogP contribution < -0.4 is 4.74 Å². The summed E-state index contributed by atoms with van der Waals surface area (Å²) < 4.78 is 16.2. The Bertz CT molecular complexity index is 1240. The minimum atomic E-state index is -0.0588. The number of para-hydroxylation sites is 2. The van der Waals surface area contributed by atoms with Crippen molar-refractivity contribution in [2.24, 2.45) is 0 Å². The molecule has 0 saturated carbocycles. The van der Waals surface area contributed by atoms with E-state index in [0.29, 0.717) is 42.8 Å². The number of piperazine rings is 1. The van der Waals surface area contributed by atoms with Gasteiger partial charge < -0.3 is 18.6 Å². The zero-order chi connectivity index (χ0) is 22.6. The van der Waals surface area contributed by atoms with Gasteiger partial charge in [-0.15, -0.1) is 0 Å². The van der Waals surface area contributed by atoms with E-state index in [9.17, 15) is 4.79 Å². The van der Waals surface area contributed by atoms with Crippen LogP contribution in [0.2, 0.25) is 0 Å². The van der Waals surface area contributed by atoms with E-state index >= 15 is 0 Å². The number of aromatic nitrogens is 3. The summed E-state index contributed by atoms with van der Waals surface area (Å²) in [4.78, 5) is 25.4. The maximum absolute atomic E-state index is 12.6. The lowest BCUT2D eigenvalue weighted by Crippen LogP contribution is -2.47. The Morgan fingerprint density at radius 3 is 2.61 bits per heavy atom. The summed E-state index contributed by atoms with van der Waals surface area (Å²) in [5.74, 6) is 2.24. The van der Waals surface area contributed by atoms with Gasteiger partial charge in [-0.3, -0.25) is 9.69 Å². The van der Waals surface area contributed by atoms with Gasteiger partial charge in [0.1, 0.15) is 11.3 Å². The second-order valence-corrected chi connectivity index (χ2v) is 7.69. The third-order valence-corrected chi connectivity index (χ3v) is 5.54. The summed E-state index contributed by atoms with van der Waals surface area (Å²) in [5.41, 5.74) is 2.34. The van der Waals surface area contributed by atoms with Gasteiger partial charge in [-0.2, -0.15) is 4.98 Å². The monoisotopic (exact) mass is 445 g/mol. The predicted molar refractivity (Wildman–Crippen MR) is 121 cm³/mol. The van der Waals surface area contributed by atoms with E-state index < -0.39 is 0 Å². The van der Waals surface area contributed by atoms with Crippen LogP contribution in [-0.2, 0) is 11.3 Å². The van der Waals surface area contributed by atoms with Gasteiger partial charge in [0.15, 0.2) is 5.58 Å². The molecule has 33 heavy (non-hydrogen) atoms. The fourth-order valence-corrected chi connectivity index (χ4v) is 3.70. The van der Waals surface area contributed by atoms with Gasteiger partial charge in [-0.25, -0.2) is 4.98 Å². The molecule has 5 rings (SSSR count). The molecule has 0 atom stereocenters. The Kier molecular flexibility index (Phi) is 5.86. The summed E-state index contributed by atoms with van der Waals surface area (Å²) in [5, 5.41) is 4.08. The van der Waals surface area contributed by atoms with Crippen LogP contribution in [0.25, 0.3) is 28.6 Å². The number of fused-ring (bicyclic) bond motifs is 1. The van der Waals surface area contributed by atoms with E-state index in [-0.39, 0.29) is 5.91 Å². The summed E-state index contributed by atoms with van der Waals surface area (Å²) in [7, 11) is 1.63. The van der Waals surface area contributed by atoms with Crippen LogP contribution in [0.4, 0.5) is 0 Å². The molecule has 1 aliphatic heterocycles. The number of benzene rings is 2. The van der Waals surface area contributed by atoms with Crippen LogP contribution in [0.3, 0.4) is 0 Å². The molecule has 3 heterocycles. The zero-order valence-electron chi connectivity index (χ0n) is 18.2. The van der Waals surface area contributed by atoms with Crippen molar-refractivity contribution in [3.63, 3.8) is 0 Å². The Balaban J connectivity index is 1.13. The first-order valence-electron chi connectivity index (χ1n) is 10.7. The second kappa shape index (κ2) is 9.25. The Morgan fingerprint density at radius 1 is 1.06 bits per heavy atom. The largest absolute Gasteiger partial charge is 0.497 e. The summed E-state index contributed by atoms with van der Waals surface area (Å²) in [6.07, 6.45) is 3.13. The number of hydrogen-bond donors (Lipinski definition) is 0. The first-order valence-corrected chi connectivity index (χ1v) is 10.7. The molecule has 0 aliphatic carbocycles. The van der Waals surface area contributed by atoms with Gasteiger partial charge in [0.25, 0.3) is 0 Å². The quantitative estimate of drug-likeness (QED) is 0.417. The summed E-state index contributed by atoms with van der Waals surface area (Å²) in [6, 6.07) is 15.0. The van der Waals surface area contributed by atoms with E-state index in [1.54, 1.807) is 13.2 Å². The topological polar surface area (TPSA) is 97.7 Å². The smallest absolute Gasteiger partial charge is 0.246 e. The van der Waals surface area contributed by atoms with Crippen LogP contribution in [0.15, 0.2) is 63.5 Å². The number of carbonyl (C=O) groups is 1. The van der Waals surface area contributed by atoms with Crippen molar-refractivity contribution in [2.75, 3.05) is 33.3 Å². The number of nitrogens with zero attached hydrogens (tertiary/aromatic N) is 5. The van der Waals surface area contributed by atoms with E-state index in [2.05, 4.69) is 20.0 Å². The number of ether oxygens (including phenoxy) is 1. The standard InChI is InChI=1S/C24H23N5O4/c1-31-18-8-6-17(7-9-18)24-26-22(33-27-24)16-28-12-14-29(15-13-28)23(30)11-10-21-25-19-4-2-3-5-20(19)32-21/h2-11H,12-16H2,1H3/b11-10+. The van der Waals surface area contributed by atoms with Crippen molar-refractivity contribution in [2.45, 2.75) is 6.54 Å². The SMILES string of the molecule is COc1ccc(-c2noc(CN3CCN(C(=O)/C=C/c4nc5ccccc5o4)CC3)n2)cc1. The summed E-state index contributed by atoms with van der Waals surface area (Å²) >= 11 is 0. The van der Waals surface area contributed by atoms with Gasteiger partial charge in [0.2, 0.25) is 23.5 Å². The van der Waals surface area contributed by atoms with E-state index in [0.717, 1.165) is 29.9 Å². The van der Waals surface area contributed by atoms with Crippen LogP contribution in [0.1, 0.15) is 11.8 Å². The van der Waals surface area contributed by atoms with E-state index in [1.807, 2.05) is 53.4 Å². The molecule has 1 aliphatic rings. The van der Waals surface area contributed by atoms with Crippen LogP contribution in [0, 0.1) is 0 Å². The number of hydrogen-bond acceptors (Lipinski definition) is 8. The molecule has 1 saturated heterocycles. The maximum Gasteiger partial charge on any atom is 0.246 e. The lowest BCUT2D eigenvalue weighted by atomic mass is 10.2. The zero-order valence-corrected chi connectivity index (χ0v) is 18.2. The third kappa shape index (κ3) is 4.78. The molecule has 0 bridgehead atoms. The third-order valence-electron chi connectivity index (χ3n) is 5.54. The number of rotatable bonds is 6. The average molecular weight is 445 g/mol. The lowest BCUT2D eigenvalue weighted by molar-refractivity contribution is -0.127. The second-order valence-electron chi connectivity index (χ2n) is 7.69. The number of oxazole rings is 1. The van der Waals surface area contributed by atoms with Crippen LogP contribution in [0.5, 0.6) is 5.75 Å². The first-order chi connectivity index (χ1) is 16.2. The molecule has 0 radical (unpaired) electrons. The highest BCUT2D eigenvalue weighted by Gasteiger charge is 2.21. The van der Waals surface area contributed by atoms with Crippen LogP contribution >= 0.6 is 0 Å². The highest BCUT2D eigenvalue weighted by atomic mass is 16.5. The molecule has 2 aromatic heterocycles. The Hall–Kier alpha value is -3.98. The maximum atomic E-state index is 12.6. The van der Waals surface area contributed by atoms with Gasteiger partial charge in [-0.1, -0.05) is 17.3 Å². The minimum Gasteiger partial charge on any atom is -0.497 e. The van der Waals surface area contributed by atoms with Crippen molar-refractivity contribution < 1.29 is 18.5 Å². The van der Waals surface area contributed by atoms with Gasteiger partial charge in [0.05, 0.1) is 13.7 Å². The number of carbonyl (C=O) groups excluding carboxylic acids is 1. The predicted octanol–water partition coefficient (Wildman–Crippen LogP) is 3.24. The van der Waals surface area contributed by atoms with Gasteiger partial charge in [0, 0.05) is 43.9 Å². The highest BCUT2D eigenvalue weighted by molar-refractivity contribution is 5.91. The van der Waals surface area contributed by atoms with Crippen molar-refractivity contribution in [1.29, 1.82) is 0 Å². The van der Waals surface area contributed by atoms with Crippen LogP contribution in [-0.4, -0.2) is 64.1 Å². The molecule has 9 heteroatoms. The highest BCUT2D eigenvalue weighted by Crippen LogP contribution is 2.20. The molecule has 1 fully saturated rings. The van der Waals surface area contributed by atoms with Gasteiger partial charge >= 0.3 is 0 Å². The fraction of sp³-hybridized carbons (Fsp3) is 0.250.